The standard InChI is InChI=1S/C13H13N3O/c1-10-2-3-12-11(6-10)7-13(17)16(12)9-15-5-4-14-8-15/h2-6,8H,7,9H2,1H3. The quantitative estimate of drug-likeness (QED) is 0.783. The number of imidazole rings is 1. The predicted octanol–water partition coefficient (Wildman–Crippen LogP) is 1.74. The van der Waals surface area contributed by atoms with Crippen molar-refractivity contribution in [3.05, 3.63) is 48.0 Å². The molecule has 2 heterocycles. The Kier molecular flexibility index (Phi) is 2.21. The molecule has 1 aliphatic rings. The predicted molar refractivity (Wildman–Crippen MR) is 64.6 cm³/mol. The number of rotatable bonds is 2. The van der Waals surface area contributed by atoms with Crippen molar-refractivity contribution in [1.29, 1.82) is 0 Å². The Labute approximate surface area is 99.5 Å². The molecular weight excluding hydrogens is 214 g/mol. The van der Waals surface area contributed by atoms with Crippen LogP contribution in [0.5, 0.6) is 0 Å². The number of anilines is 1. The summed E-state index contributed by atoms with van der Waals surface area (Å²) in [6.45, 7) is 2.58. The molecule has 0 saturated heterocycles. The van der Waals surface area contributed by atoms with Gasteiger partial charge in [-0.1, -0.05) is 17.7 Å². The first-order chi connectivity index (χ1) is 8.24. The fourth-order valence-corrected chi connectivity index (χ4v) is 2.20. The summed E-state index contributed by atoms with van der Waals surface area (Å²) in [6, 6.07) is 6.14. The van der Waals surface area contributed by atoms with Gasteiger partial charge in [0.05, 0.1) is 12.7 Å². The highest BCUT2D eigenvalue weighted by Gasteiger charge is 2.26. The Bertz CT molecular complexity index is 560. The van der Waals surface area contributed by atoms with E-state index in [-0.39, 0.29) is 5.91 Å². The summed E-state index contributed by atoms with van der Waals surface area (Å²) in [5, 5.41) is 0. The van der Waals surface area contributed by atoms with Crippen LogP contribution < -0.4 is 4.90 Å². The van der Waals surface area contributed by atoms with Crippen molar-refractivity contribution >= 4 is 11.6 Å². The second kappa shape index (κ2) is 3.73. The highest BCUT2D eigenvalue weighted by atomic mass is 16.2. The van der Waals surface area contributed by atoms with Gasteiger partial charge in [-0.3, -0.25) is 9.69 Å². The maximum absolute atomic E-state index is 12.0. The van der Waals surface area contributed by atoms with Gasteiger partial charge in [0.15, 0.2) is 0 Å². The van der Waals surface area contributed by atoms with Crippen LogP contribution in [0.1, 0.15) is 11.1 Å². The molecule has 0 atom stereocenters. The van der Waals surface area contributed by atoms with Gasteiger partial charge < -0.3 is 4.57 Å². The maximum atomic E-state index is 12.0. The van der Waals surface area contributed by atoms with Gasteiger partial charge in [-0.2, -0.15) is 0 Å². The molecule has 3 rings (SSSR count). The molecular formula is C13H13N3O. The number of hydrogen-bond acceptors (Lipinski definition) is 2. The second-order valence-electron chi connectivity index (χ2n) is 4.35. The van der Waals surface area contributed by atoms with Crippen molar-refractivity contribution in [2.75, 3.05) is 4.90 Å². The van der Waals surface area contributed by atoms with Gasteiger partial charge in [0.1, 0.15) is 6.67 Å². The van der Waals surface area contributed by atoms with E-state index in [1.807, 2.05) is 29.8 Å². The summed E-state index contributed by atoms with van der Waals surface area (Å²) < 4.78 is 1.90. The molecule has 1 aromatic heterocycles. The average molecular weight is 227 g/mol. The van der Waals surface area contributed by atoms with Crippen LogP contribution in [-0.4, -0.2) is 15.5 Å². The third-order valence-electron chi connectivity index (χ3n) is 3.03. The van der Waals surface area contributed by atoms with Crippen molar-refractivity contribution in [2.45, 2.75) is 20.0 Å². The molecule has 1 aliphatic heterocycles. The molecule has 1 amide bonds. The van der Waals surface area contributed by atoms with Crippen molar-refractivity contribution in [3.63, 3.8) is 0 Å². The topological polar surface area (TPSA) is 38.1 Å². The number of aromatic nitrogens is 2. The van der Waals surface area contributed by atoms with Crippen LogP contribution in [0.3, 0.4) is 0 Å². The largest absolute Gasteiger partial charge is 0.319 e. The summed E-state index contributed by atoms with van der Waals surface area (Å²) >= 11 is 0. The molecule has 0 bridgehead atoms. The van der Waals surface area contributed by atoms with Crippen LogP contribution >= 0.6 is 0 Å². The number of benzene rings is 1. The third kappa shape index (κ3) is 1.71. The van der Waals surface area contributed by atoms with Gasteiger partial charge in [0.25, 0.3) is 0 Å². The van der Waals surface area contributed by atoms with Crippen LogP contribution in [0.2, 0.25) is 0 Å². The van der Waals surface area contributed by atoms with Gasteiger partial charge >= 0.3 is 0 Å². The van der Waals surface area contributed by atoms with E-state index in [2.05, 4.69) is 11.1 Å². The van der Waals surface area contributed by atoms with Crippen LogP contribution in [0.15, 0.2) is 36.9 Å². The lowest BCUT2D eigenvalue weighted by atomic mass is 10.1. The van der Waals surface area contributed by atoms with Gasteiger partial charge in [0, 0.05) is 18.1 Å². The molecule has 1 aromatic carbocycles. The molecule has 0 fully saturated rings. The highest BCUT2D eigenvalue weighted by Crippen LogP contribution is 2.29. The van der Waals surface area contributed by atoms with E-state index >= 15 is 0 Å². The highest BCUT2D eigenvalue weighted by molar-refractivity contribution is 6.01. The minimum absolute atomic E-state index is 0.152. The minimum atomic E-state index is 0.152. The number of amides is 1. The Balaban J connectivity index is 1.94. The normalized spacial score (nSPS) is 14.2. The van der Waals surface area contributed by atoms with E-state index < -0.39 is 0 Å². The first kappa shape index (κ1) is 10.1. The van der Waals surface area contributed by atoms with Crippen LogP contribution in [0.4, 0.5) is 5.69 Å². The zero-order chi connectivity index (χ0) is 11.8. The van der Waals surface area contributed by atoms with Crippen molar-refractivity contribution in [1.82, 2.24) is 9.55 Å². The lowest BCUT2D eigenvalue weighted by Crippen LogP contribution is -2.28. The van der Waals surface area contributed by atoms with Gasteiger partial charge in [0.2, 0.25) is 5.91 Å². The summed E-state index contributed by atoms with van der Waals surface area (Å²) in [5.74, 6) is 0.152. The van der Waals surface area contributed by atoms with Crippen LogP contribution in [0, 0.1) is 6.92 Å². The molecule has 17 heavy (non-hydrogen) atoms. The molecule has 0 spiro atoms. The lowest BCUT2D eigenvalue weighted by Gasteiger charge is -2.17. The zero-order valence-electron chi connectivity index (χ0n) is 9.63. The Morgan fingerprint density at radius 1 is 1.41 bits per heavy atom. The van der Waals surface area contributed by atoms with E-state index in [1.54, 1.807) is 17.4 Å². The molecule has 0 saturated carbocycles. The van der Waals surface area contributed by atoms with E-state index in [0.29, 0.717) is 13.1 Å². The van der Waals surface area contributed by atoms with Crippen molar-refractivity contribution < 1.29 is 4.79 Å². The average Bonchev–Trinajstić information content (AvgIpc) is 2.88. The first-order valence-corrected chi connectivity index (χ1v) is 5.60. The van der Waals surface area contributed by atoms with Crippen molar-refractivity contribution in [3.8, 4) is 0 Å². The summed E-state index contributed by atoms with van der Waals surface area (Å²) in [5.41, 5.74) is 3.34. The lowest BCUT2D eigenvalue weighted by molar-refractivity contribution is -0.117. The Morgan fingerprint density at radius 3 is 3.06 bits per heavy atom. The number of fused-ring (bicyclic) bond motifs is 1. The molecule has 0 aliphatic carbocycles. The summed E-state index contributed by atoms with van der Waals surface area (Å²) in [6.07, 6.45) is 5.81. The molecule has 4 nitrogen and oxygen atoms in total. The van der Waals surface area contributed by atoms with E-state index in [9.17, 15) is 4.79 Å². The van der Waals surface area contributed by atoms with E-state index in [1.165, 1.54) is 5.56 Å². The summed E-state index contributed by atoms with van der Waals surface area (Å²) in [7, 11) is 0. The SMILES string of the molecule is Cc1ccc2c(c1)CC(=O)N2Cn1ccnc1. The van der Waals surface area contributed by atoms with E-state index in [4.69, 9.17) is 0 Å². The third-order valence-corrected chi connectivity index (χ3v) is 3.03. The molecule has 2 aromatic rings. The number of carbonyl (C=O) groups is 1. The molecule has 0 N–H and O–H groups in total. The van der Waals surface area contributed by atoms with Crippen molar-refractivity contribution in [2.24, 2.45) is 0 Å². The smallest absolute Gasteiger partial charge is 0.232 e. The molecule has 4 heteroatoms. The van der Waals surface area contributed by atoms with Gasteiger partial charge in [-0.05, 0) is 18.6 Å². The Morgan fingerprint density at radius 2 is 2.29 bits per heavy atom. The molecule has 0 radical (unpaired) electrons. The van der Waals surface area contributed by atoms with Crippen LogP contribution in [-0.2, 0) is 17.9 Å². The minimum Gasteiger partial charge on any atom is -0.319 e. The molecule has 0 unspecified atom stereocenters. The monoisotopic (exact) mass is 227 g/mol. The Hall–Kier alpha value is -2.10. The maximum Gasteiger partial charge on any atom is 0.232 e. The molecule has 86 valence electrons. The zero-order valence-corrected chi connectivity index (χ0v) is 9.63. The number of carbonyl (C=O) groups excluding carboxylic acids is 1. The van der Waals surface area contributed by atoms with Crippen LogP contribution in [0.25, 0.3) is 0 Å². The van der Waals surface area contributed by atoms with Gasteiger partial charge in [-0.15, -0.1) is 0 Å². The number of hydrogen-bond donors (Lipinski definition) is 0. The number of nitrogens with zero attached hydrogens (tertiary/aromatic N) is 3. The van der Waals surface area contributed by atoms with Gasteiger partial charge in [-0.25, -0.2) is 4.98 Å². The second-order valence-corrected chi connectivity index (χ2v) is 4.35. The fraction of sp³-hybridized carbons (Fsp3) is 0.231. The fourth-order valence-electron chi connectivity index (χ4n) is 2.20. The van der Waals surface area contributed by atoms with E-state index in [0.717, 1.165) is 11.3 Å². The summed E-state index contributed by atoms with van der Waals surface area (Å²) in [4.78, 5) is 17.7. The first-order valence-electron chi connectivity index (χ1n) is 5.60. The number of aryl methyl sites for hydroxylation is 1.